The van der Waals surface area contributed by atoms with Crippen molar-refractivity contribution in [2.24, 2.45) is 0 Å². The van der Waals surface area contributed by atoms with E-state index in [1.54, 1.807) is 13.8 Å². The van der Waals surface area contributed by atoms with Gasteiger partial charge in [0.05, 0.1) is 6.04 Å². The molecule has 0 bridgehead atoms. The molecular weight excluding hydrogens is 492 g/mol. The molecule has 3 aromatic rings. The smallest absolute Gasteiger partial charge is 0.387 e. The molecule has 0 spiro atoms. The van der Waals surface area contributed by atoms with Gasteiger partial charge in [-0.2, -0.15) is 13.5 Å². The van der Waals surface area contributed by atoms with E-state index in [0.29, 0.717) is 16.1 Å². The summed E-state index contributed by atoms with van der Waals surface area (Å²) < 4.78 is 31.2. The van der Waals surface area contributed by atoms with Crippen LogP contribution in [0.1, 0.15) is 45.5 Å². The number of hydrogen-bond acceptors (Lipinski definition) is 7. The van der Waals surface area contributed by atoms with Crippen molar-refractivity contribution in [2.75, 3.05) is 7.05 Å². The molecule has 0 fully saturated rings. The van der Waals surface area contributed by atoms with Gasteiger partial charge in [-0.1, -0.05) is 15.9 Å². The molecule has 0 aliphatic rings. The molecule has 2 N–H and O–H groups in total. The Balaban J connectivity index is 1.87. The lowest BCUT2D eigenvalue weighted by molar-refractivity contribution is -0.0499. The third-order valence-corrected chi connectivity index (χ3v) is 4.62. The van der Waals surface area contributed by atoms with Crippen molar-refractivity contribution < 1.29 is 23.1 Å². The van der Waals surface area contributed by atoms with Crippen molar-refractivity contribution in [3.05, 3.63) is 58.0 Å². The van der Waals surface area contributed by atoms with Gasteiger partial charge >= 0.3 is 6.61 Å². The Morgan fingerprint density at radius 3 is 2.59 bits per heavy atom. The highest BCUT2D eigenvalue weighted by atomic mass is 79.9. The molecule has 0 aliphatic carbocycles. The van der Waals surface area contributed by atoms with Crippen LogP contribution in [0, 0.1) is 6.92 Å². The number of nitrogens with zero attached hydrogens (tertiary/aromatic N) is 5. The maximum Gasteiger partial charge on any atom is 0.387 e. The van der Waals surface area contributed by atoms with Crippen LogP contribution in [-0.4, -0.2) is 50.2 Å². The Bertz CT molecular complexity index is 1160. The largest absolute Gasteiger partial charge is 0.435 e. The van der Waals surface area contributed by atoms with Crippen molar-refractivity contribution in [1.29, 1.82) is 0 Å². The van der Waals surface area contributed by atoms with Gasteiger partial charge in [-0.05, 0) is 32.0 Å². The van der Waals surface area contributed by atoms with Gasteiger partial charge in [0.2, 0.25) is 0 Å². The van der Waals surface area contributed by atoms with E-state index in [-0.39, 0.29) is 22.8 Å². The average molecular weight is 510 g/mol. The summed E-state index contributed by atoms with van der Waals surface area (Å²) in [4.78, 5) is 37.0. The highest BCUT2D eigenvalue weighted by Crippen LogP contribution is 2.24. The predicted molar refractivity (Wildman–Crippen MR) is 112 cm³/mol. The molecule has 10 nitrogen and oxygen atoms in total. The average Bonchev–Trinajstić information content (AvgIpc) is 3.14. The number of aryl methyl sites for hydroxylation is 1. The number of halogens is 3. The molecule has 13 heteroatoms. The number of carbonyl (C=O) groups is 2. The fraction of sp³-hybridized carbons (Fsp3) is 0.263. The molecule has 2 amide bonds. The monoisotopic (exact) mass is 509 g/mol. The predicted octanol–water partition coefficient (Wildman–Crippen LogP) is 2.58. The summed E-state index contributed by atoms with van der Waals surface area (Å²) in [6, 6.07) is 4.78. The summed E-state index contributed by atoms with van der Waals surface area (Å²) in [6.07, 6.45) is 1.22. The zero-order chi connectivity index (χ0) is 23.4. The zero-order valence-electron chi connectivity index (χ0n) is 17.1. The van der Waals surface area contributed by atoms with Crippen LogP contribution in [0.15, 0.2) is 35.1 Å². The molecule has 1 aromatic carbocycles. The third-order valence-electron chi connectivity index (χ3n) is 4.16. The Labute approximate surface area is 189 Å². The van der Waals surface area contributed by atoms with Crippen LogP contribution in [0.2, 0.25) is 0 Å². The topological polar surface area (TPSA) is 124 Å². The van der Waals surface area contributed by atoms with Crippen molar-refractivity contribution >= 4 is 27.7 Å². The van der Waals surface area contributed by atoms with E-state index in [1.165, 1.54) is 42.3 Å². The summed E-state index contributed by atoms with van der Waals surface area (Å²) in [5.41, 5.74) is 0.239. The summed E-state index contributed by atoms with van der Waals surface area (Å²) in [6.45, 7) is 0.318. The molecule has 168 valence electrons. The Kier molecular flexibility index (Phi) is 7.08. The fourth-order valence-corrected chi connectivity index (χ4v) is 3.28. The highest BCUT2D eigenvalue weighted by Gasteiger charge is 2.21. The first-order chi connectivity index (χ1) is 15.2. The van der Waals surface area contributed by atoms with Crippen molar-refractivity contribution in [3.8, 4) is 11.6 Å². The van der Waals surface area contributed by atoms with Crippen LogP contribution >= 0.6 is 15.9 Å². The van der Waals surface area contributed by atoms with E-state index < -0.39 is 24.5 Å². The van der Waals surface area contributed by atoms with Crippen molar-refractivity contribution in [1.82, 2.24) is 35.4 Å². The zero-order valence-corrected chi connectivity index (χ0v) is 18.7. The number of benzene rings is 1. The van der Waals surface area contributed by atoms with E-state index in [4.69, 9.17) is 0 Å². The standard InChI is InChI=1S/C19H18BrF2N7O3/c1-9(26-17(30)11-4-12(20)6-13(5-11)32-19(21)22)16-27-10(2)28-29(16)15-7-14(18(31)23-3)24-8-25-15/h4-9,19H,1-3H3,(H,23,31)(H,26,30)/t9-/m0/s1. The lowest BCUT2D eigenvalue weighted by Gasteiger charge is -2.15. The maximum atomic E-state index is 12.7. The molecule has 32 heavy (non-hydrogen) atoms. The molecule has 0 aliphatic heterocycles. The number of aromatic nitrogens is 5. The first-order valence-electron chi connectivity index (χ1n) is 9.22. The molecule has 1 atom stereocenters. The molecular formula is C19H18BrF2N7O3. The van der Waals surface area contributed by atoms with E-state index in [0.717, 1.165) is 0 Å². The minimum atomic E-state index is -3.02. The van der Waals surface area contributed by atoms with Gasteiger partial charge in [0.1, 0.15) is 23.6 Å². The summed E-state index contributed by atoms with van der Waals surface area (Å²) in [7, 11) is 1.48. The van der Waals surface area contributed by atoms with Crippen LogP contribution in [0.4, 0.5) is 8.78 Å². The van der Waals surface area contributed by atoms with E-state index >= 15 is 0 Å². The third kappa shape index (κ3) is 5.41. The quantitative estimate of drug-likeness (QED) is 0.501. The van der Waals surface area contributed by atoms with Gasteiger partial charge in [-0.3, -0.25) is 9.59 Å². The molecule has 3 rings (SSSR count). The molecule has 0 unspecified atom stereocenters. The first kappa shape index (κ1) is 23.2. The van der Waals surface area contributed by atoms with Crippen LogP contribution < -0.4 is 15.4 Å². The minimum absolute atomic E-state index is 0.105. The second-order valence-electron chi connectivity index (χ2n) is 6.52. The van der Waals surface area contributed by atoms with Crippen LogP contribution in [-0.2, 0) is 0 Å². The van der Waals surface area contributed by atoms with Gasteiger partial charge in [0.25, 0.3) is 11.8 Å². The summed E-state index contributed by atoms with van der Waals surface area (Å²) in [5, 5.41) is 9.51. The molecule has 0 saturated carbocycles. The number of rotatable bonds is 7. The van der Waals surface area contributed by atoms with Crippen molar-refractivity contribution in [2.45, 2.75) is 26.5 Å². The summed E-state index contributed by atoms with van der Waals surface area (Å²) in [5.74, 6) is -0.0595. The molecule has 2 aromatic heterocycles. The van der Waals surface area contributed by atoms with Gasteiger partial charge < -0.3 is 15.4 Å². The SMILES string of the molecule is CNC(=O)c1cc(-n2nc(C)nc2[C@H](C)NC(=O)c2cc(Br)cc(OC(F)F)c2)ncn1. The maximum absolute atomic E-state index is 12.7. The highest BCUT2D eigenvalue weighted by molar-refractivity contribution is 9.10. The molecule has 0 radical (unpaired) electrons. The fourth-order valence-electron chi connectivity index (χ4n) is 2.80. The number of hydrogen-bond donors (Lipinski definition) is 2. The Hall–Kier alpha value is -3.48. The molecule has 2 heterocycles. The van der Waals surface area contributed by atoms with Gasteiger partial charge in [-0.15, -0.1) is 5.10 Å². The van der Waals surface area contributed by atoms with Gasteiger partial charge in [0, 0.05) is 23.2 Å². The Morgan fingerprint density at radius 2 is 1.91 bits per heavy atom. The van der Waals surface area contributed by atoms with E-state index in [2.05, 4.69) is 51.4 Å². The number of carbonyl (C=O) groups excluding carboxylic acids is 2. The lowest BCUT2D eigenvalue weighted by atomic mass is 10.2. The normalized spacial score (nSPS) is 11.8. The summed E-state index contributed by atoms with van der Waals surface area (Å²) >= 11 is 3.17. The number of amides is 2. The Morgan fingerprint density at radius 1 is 1.16 bits per heavy atom. The van der Waals surface area contributed by atoms with E-state index in [1.807, 2.05) is 0 Å². The van der Waals surface area contributed by atoms with Crippen LogP contribution in [0.25, 0.3) is 5.82 Å². The van der Waals surface area contributed by atoms with Crippen molar-refractivity contribution in [3.63, 3.8) is 0 Å². The lowest BCUT2D eigenvalue weighted by Crippen LogP contribution is -2.29. The molecule has 0 saturated heterocycles. The number of alkyl halides is 2. The number of nitrogens with one attached hydrogen (secondary N) is 2. The number of ether oxygens (including phenoxy) is 1. The first-order valence-corrected chi connectivity index (χ1v) is 10.0. The van der Waals surface area contributed by atoms with Crippen LogP contribution in [0.3, 0.4) is 0 Å². The second-order valence-corrected chi connectivity index (χ2v) is 7.43. The second kappa shape index (κ2) is 9.77. The minimum Gasteiger partial charge on any atom is -0.435 e. The van der Waals surface area contributed by atoms with E-state index in [9.17, 15) is 18.4 Å². The van der Waals surface area contributed by atoms with Crippen LogP contribution in [0.5, 0.6) is 5.75 Å². The van der Waals surface area contributed by atoms with Gasteiger partial charge in [0.15, 0.2) is 11.6 Å². The van der Waals surface area contributed by atoms with Gasteiger partial charge in [-0.25, -0.2) is 15.0 Å².